The van der Waals surface area contributed by atoms with Crippen molar-refractivity contribution in [1.29, 1.82) is 0 Å². The lowest BCUT2D eigenvalue weighted by Gasteiger charge is -2.12. The number of nitrogens with one attached hydrogen (secondary N) is 2. The minimum atomic E-state index is 0.418. The van der Waals surface area contributed by atoms with Crippen molar-refractivity contribution in [2.75, 3.05) is 24.8 Å². The van der Waals surface area contributed by atoms with E-state index in [0.29, 0.717) is 32.5 Å². The van der Waals surface area contributed by atoms with E-state index in [2.05, 4.69) is 15.6 Å². The summed E-state index contributed by atoms with van der Waals surface area (Å²) in [6.07, 6.45) is 0. The van der Waals surface area contributed by atoms with Crippen LogP contribution in [0.25, 0.3) is 0 Å². The van der Waals surface area contributed by atoms with Crippen molar-refractivity contribution in [3.63, 3.8) is 0 Å². The molecule has 0 saturated heterocycles. The highest BCUT2D eigenvalue weighted by molar-refractivity contribution is 6.37. The summed E-state index contributed by atoms with van der Waals surface area (Å²) < 4.78 is 5.10. The lowest BCUT2D eigenvalue weighted by atomic mass is 10.3. The summed E-state index contributed by atoms with van der Waals surface area (Å²) >= 11 is 18.2. The maximum absolute atomic E-state index is 6.11. The molecule has 1 aromatic carbocycles. The summed E-state index contributed by atoms with van der Waals surface area (Å²) in [6.45, 7) is 0. The number of hydrogen-bond donors (Lipinski definition) is 2. The van der Waals surface area contributed by atoms with Gasteiger partial charge in [-0.25, -0.2) is 4.98 Å². The second kappa shape index (κ2) is 6.39. The van der Waals surface area contributed by atoms with Crippen LogP contribution in [-0.2, 0) is 0 Å². The van der Waals surface area contributed by atoms with E-state index in [1.54, 1.807) is 32.4 Å². The average molecular weight is 333 g/mol. The molecule has 2 aromatic rings. The van der Waals surface area contributed by atoms with Crippen LogP contribution in [0, 0.1) is 0 Å². The summed E-state index contributed by atoms with van der Waals surface area (Å²) in [5.74, 6) is 1.63. The van der Waals surface area contributed by atoms with E-state index in [9.17, 15) is 0 Å². The number of hydrogen-bond acceptors (Lipinski definition) is 4. The summed E-state index contributed by atoms with van der Waals surface area (Å²) in [5, 5.41) is 7.34. The van der Waals surface area contributed by atoms with Crippen molar-refractivity contribution < 1.29 is 4.74 Å². The lowest BCUT2D eigenvalue weighted by molar-refractivity contribution is 0.415. The molecule has 0 unspecified atom stereocenters. The third-order valence-electron chi connectivity index (χ3n) is 2.58. The fourth-order valence-corrected chi connectivity index (χ4v) is 2.37. The van der Waals surface area contributed by atoms with Crippen molar-refractivity contribution in [2.45, 2.75) is 0 Å². The molecule has 0 aliphatic rings. The predicted molar refractivity (Wildman–Crippen MR) is 85.1 cm³/mol. The Kier molecular flexibility index (Phi) is 4.81. The van der Waals surface area contributed by atoms with Crippen LogP contribution in [0.5, 0.6) is 5.75 Å². The average Bonchev–Trinajstić information content (AvgIpc) is 2.42. The van der Waals surface area contributed by atoms with Gasteiger partial charge in [0.25, 0.3) is 0 Å². The molecule has 0 atom stereocenters. The van der Waals surface area contributed by atoms with E-state index >= 15 is 0 Å². The Balaban J connectivity index is 2.32. The van der Waals surface area contributed by atoms with Crippen molar-refractivity contribution in [3.05, 3.63) is 39.3 Å². The highest BCUT2D eigenvalue weighted by Crippen LogP contribution is 2.33. The first-order chi connectivity index (χ1) is 9.55. The molecule has 0 aliphatic carbocycles. The molecule has 106 valence electrons. The third-order valence-corrected chi connectivity index (χ3v) is 3.45. The predicted octanol–water partition coefficient (Wildman–Crippen LogP) is 4.84. The van der Waals surface area contributed by atoms with Crippen molar-refractivity contribution in [2.24, 2.45) is 0 Å². The van der Waals surface area contributed by atoms with Gasteiger partial charge in [-0.1, -0.05) is 34.8 Å². The van der Waals surface area contributed by atoms with E-state index in [0.717, 1.165) is 5.69 Å². The fraction of sp³-hybridized carbons (Fsp3) is 0.154. The van der Waals surface area contributed by atoms with E-state index in [4.69, 9.17) is 39.5 Å². The van der Waals surface area contributed by atoms with Gasteiger partial charge in [-0.2, -0.15) is 0 Å². The Hall–Kier alpha value is -1.36. The van der Waals surface area contributed by atoms with Gasteiger partial charge in [0.1, 0.15) is 11.6 Å². The van der Waals surface area contributed by atoms with Gasteiger partial charge in [-0.3, -0.25) is 0 Å². The molecular weight excluding hydrogens is 321 g/mol. The zero-order valence-electron chi connectivity index (χ0n) is 10.8. The molecule has 1 aromatic heterocycles. The standard InChI is InChI=1S/C13H12Cl3N3O/c1-17-12-9(15)6-10(16)13(19-12)18-7-3-4-11(20-2)8(14)5-7/h3-6H,1-2H3,(H2,17,18,19). The highest BCUT2D eigenvalue weighted by atomic mass is 35.5. The largest absolute Gasteiger partial charge is 0.495 e. The molecule has 0 bridgehead atoms. The molecule has 2 rings (SSSR count). The maximum atomic E-state index is 6.11. The molecule has 0 spiro atoms. The minimum absolute atomic E-state index is 0.418. The van der Waals surface area contributed by atoms with Gasteiger partial charge in [-0.05, 0) is 24.3 Å². The van der Waals surface area contributed by atoms with Crippen LogP contribution >= 0.6 is 34.8 Å². The van der Waals surface area contributed by atoms with Crippen LogP contribution in [0.3, 0.4) is 0 Å². The number of benzene rings is 1. The van der Waals surface area contributed by atoms with Crippen LogP contribution < -0.4 is 15.4 Å². The quantitative estimate of drug-likeness (QED) is 0.841. The first-order valence-electron chi connectivity index (χ1n) is 5.69. The fourth-order valence-electron chi connectivity index (χ4n) is 1.61. The number of rotatable bonds is 4. The minimum Gasteiger partial charge on any atom is -0.495 e. The van der Waals surface area contributed by atoms with Gasteiger partial charge in [0.05, 0.1) is 22.2 Å². The molecule has 7 heteroatoms. The van der Waals surface area contributed by atoms with Crippen LogP contribution in [0.1, 0.15) is 0 Å². The lowest BCUT2D eigenvalue weighted by Crippen LogP contribution is -2.00. The molecule has 0 aliphatic heterocycles. The summed E-state index contributed by atoms with van der Waals surface area (Å²) in [4.78, 5) is 4.30. The molecule has 0 fully saturated rings. The molecular formula is C13H12Cl3N3O. The number of pyridine rings is 1. The van der Waals surface area contributed by atoms with Crippen LogP contribution in [-0.4, -0.2) is 19.1 Å². The van der Waals surface area contributed by atoms with E-state index in [1.807, 2.05) is 6.07 Å². The Bertz CT molecular complexity index is 634. The first-order valence-corrected chi connectivity index (χ1v) is 6.83. The van der Waals surface area contributed by atoms with E-state index in [1.165, 1.54) is 0 Å². The summed E-state index contributed by atoms with van der Waals surface area (Å²) in [6, 6.07) is 6.92. The zero-order chi connectivity index (χ0) is 14.7. The number of anilines is 3. The van der Waals surface area contributed by atoms with Crippen LogP contribution in [0.2, 0.25) is 15.1 Å². The number of methoxy groups -OCH3 is 1. The number of halogens is 3. The first kappa shape index (κ1) is 15.0. The molecule has 4 nitrogen and oxygen atoms in total. The Labute approximate surface area is 132 Å². The zero-order valence-corrected chi connectivity index (χ0v) is 13.1. The highest BCUT2D eigenvalue weighted by Gasteiger charge is 2.09. The number of aromatic nitrogens is 1. The van der Waals surface area contributed by atoms with Crippen molar-refractivity contribution >= 4 is 52.1 Å². The van der Waals surface area contributed by atoms with E-state index < -0.39 is 0 Å². The molecule has 0 saturated carbocycles. The van der Waals surface area contributed by atoms with Crippen LogP contribution in [0.15, 0.2) is 24.3 Å². The van der Waals surface area contributed by atoms with Crippen LogP contribution in [0.4, 0.5) is 17.3 Å². The number of ether oxygens (including phenoxy) is 1. The Morgan fingerprint density at radius 2 is 1.70 bits per heavy atom. The van der Waals surface area contributed by atoms with Gasteiger partial charge in [0.2, 0.25) is 0 Å². The van der Waals surface area contributed by atoms with Gasteiger partial charge in [0, 0.05) is 12.7 Å². The maximum Gasteiger partial charge on any atom is 0.151 e. The molecule has 0 amide bonds. The van der Waals surface area contributed by atoms with Crippen molar-refractivity contribution in [1.82, 2.24) is 4.98 Å². The smallest absolute Gasteiger partial charge is 0.151 e. The normalized spacial score (nSPS) is 10.2. The van der Waals surface area contributed by atoms with E-state index in [-0.39, 0.29) is 0 Å². The molecule has 0 radical (unpaired) electrons. The summed E-state index contributed by atoms with van der Waals surface area (Å²) in [5.41, 5.74) is 0.745. The molecule has 1 heterocycles. The monoisotopic (exact) mass is 331 g/mol. The second-order valence-electron chi connectivity index (χ2n) is 3.87. The second-order valence-corrected chi connectivity index (χ2v) is 5.10. The number of nitrogens with zero attached hydrogens (tertiary/aromatic N) is 1. The molecule has 2 N–H and O–H groups in total. The SMILES string of the molecule is CNc1nc(Nc2ccc(OC)c(Cl)c2)c(Cl)cc1Cl. The van der Waals surface area contributed by atoms with Gasteiger partial charge >= 0.3 is 0 Å². The van der Waals surface area contributed by atoms with Gasteiger partial charge in [0.15, 0.2) is 5.82 Å². The van der Waals surface area contributed by atoms with Crippen molar-refractivity contribution in [3.8, 4) is 5.75 Å². The van der Waals surface area contributed by atoms with Gasteiger partial charge < -0.3 is 15.4 Å². The Morgan fingerprint density at radius 1 is 1.00 bits per heavy atom. The summed E-state index contributed by atoms with van der Waals surface area (Å²) in [7, 11) is 3.29. The Morgan fingerprint density at radius 3 is 2.30 bits per heavy atom. The third kappa shape index (κ3) is 3.20. The van der Waals surface area contributed by atoms with Gasteiger partial charge in [-0.15, -0.1) is 0 Å². The topological polar surface area (TPSA) is 46.2 Å². The molecule has 20 heavy (non-hydrogen) atoms.